The molecule has 2 fully saturated rings. The maximum atomic E-state index is 12.8. The first kappa shape index (κ1) is 11.6. The summed E-state index contributed by atoms with van der Waals surface area (Å²) in [5, 5.41) is 0. The van der Waals surface area contributed by atoms with Crippen molar-refractivity contribution in [3.8, 4) is 0 Å². The number of rotatable bonds is 3. The van der Waals surface area contributed by atoms with E-state index in [0.717, 1.165) is 32.5 Å². The van der Waals surface area contributed by atoms with E-state index in [0.29, 0.717) is 18.0 Å². The van der Waals surface area contributed by atoms with Crippen LogP contribution in [0.5, 0.6) is 0 Å². The number of hydrogen-bond donors (Lipinski definition) is 0. The molecule has 0 aliphatic carbocycles. The molecule has 0 bridgehead atoms. The zero-order valence-electron chi connectivity index (χ0n) is 10.3. The van der Waals surface area contributed by atoms with Gasteiger partial charge in [0.15, 0.2) is 5.82 Å². The first-order valence-electron chi connectivity index (χ1n) is 6.38. The molecule has 0 N–H and O–H groups in total. The zero-order valence-corrected chi connectivity index (χ0v) is 10.3. The van der Waals surface area contributed by atoms with Gasteiger partial charge in [-0.25, -0.2) is 14.4 Å². The van der Waals surface area contributed by atoms with Crippen LogP contribution >= 0.6 is 0 Å². The second-order valence-electron chi connectivity index (χ2n) is 4.89. The molecule has 0 amide bonds. The topological polar surface area (TPSA) is 32.3 Å². The summed E-state index contributed by atoms with van der Waals surface area (Å²) in [4.78, 5) is 12.9. The van der Waals surface area contributed by atoms with Gasteiger partial charge in [-0.3, -0.25) is 4.90 Å². The Bertz CT molecular complexity index is 433. The number of likely N-dealkylation sites (tertiary alicyclic amines) is 1. The molecule has 3 rings (SSSR count). The minimum absolute atomic E-state index is 0.380. The summed E-state index contributed by atoms with van der Waals surface area (Å²) >= 11 is 0. The monoisotopic (exact) mass is 248 g/mol. The molecule has 2 aliphatic heterocycles. The van der Waals surface area contributed by atoms with Crippen LogP contribution in [0.1, 0.15) is 12.8 Å². The number of nitrogens with zero attached hydrogens (tertiary/aromatic N) is 4. The predicted octanol–water partition coefficient (Wildman–Crippen LogP) is 1.45. The molecule has 0 radical (unpaired) electrons. The van der Waals surface area contributed by atoms with Gasteiger partial charge in [-0.05, 0) is 12.8 Å². The van der Waals surface area contributed by atoms with Gasteiger partial charge in [0.05, 0.1) is 12.4 Å². The van der Waals surface area contributed by atoms with Gasteiger partial charge in [-0.1, -0.05) is 6.08 Å². The minimum atomic E-state index is -0.380. The molecule has 0 saturated carbocycles. The molecule has 4 nitrogen and oxygen atoms in total. The summed E-state index contributed by atoms with van der Waals surface area (Å²) in [6, 6.07) is 1.03. The first-order chi connectivity index (χ1) is 8.79. The summed E-state index contributed by atoms with van der Waals surface area (Å²) in [5.41, 5.74) is 0. The molecule has 96 valence electrons. The van der Waals surface area contributed by atoms with Gasteiger partial charge >= 0.3 is 0 Å². The minimum Gasteiger partial charge on any atom is -0.336 e. The molecule has 5 heteroatoms. The van der Waals surface area contributed by atoms with Gasteiger partial charge in [0.1, 0.15) is 0 Å². The van der Waals surface area contributed by atoms with Crippen molar-refractivity contribution in [2.45, 2.75) is 24.9 Å². The first-order valence-corrected chi connectivity index (χ1v) is 6.38. The normalized spacial score (nSPS) is 27.5. The molecule has 0 aromatic carbocycles. The van der Waals surface area contributed by atoms with Crippen LogP contribution in [0.2, 0.25) is 0 Å². The lowest BCUT2D eigenvalue weighted by molar-refractivity contribution is 0.281. The highest BCUT2D eigenvalue weighted by Gasteiger charge is 2.42. The Morgan fingerprint density at radius 1 is 1.28 bits per heavy atom. The van der Waals surface area contributed by atoms with Crippen molar-refractivity contribution in [1.29, 1.82) is 0 Å². The van der Waals surface area contributed by atoms with Gasteiger partial charge in [-0.15, -0.1) is 6.58 Å². The predicted molar refractivity (Wildman–Crippen MR) is 67.9 cm³/mol. The van der Waals surface area contributed by atoms with Crippen LogP contribution in [-0.2, 0) is 0 Å². The van der Waals surface area contributed by atoms with E-state index in [4.69, 9.17) is 0 Å². The molecule has 2 aliphatic rings. The van der Waals surface area contributed by atoms with Crippen molar-refractivity contribution in [3.05, 3.63) is 30.9 Å². The molecule has 2 saturated heterocycles. The van der Waals surface area contributed by atoms with Crippen molar-refractivity contribution in [2.75, 3.05) is 24.5 Å². The molecule has 3 heterocycles. The summed E-state index contributed by atoms with van der Waals surface area (Å²) in [7, 11) is 0. The summed E-state index contributed by atoms with van der Waals surface area (Å²) < 4.78 is 12.8. The maximum absolute atomic E-state index is 12.8. The lowest BCUT2D eigenvalue weighted by Crippen LogP contribution is -2.37. The quantitative estimate of drug-likeness (QED) is 0.758. The molecule has 18 heavy (non-hydrogen) atoms. The summed E-state index contributed by atoms with van der Waals surface area (Å²) in [5.74, 6) is 0.276. The molecule has 0 spiro atoms. The van der Waals surface area contributed by atoms with E-state index in [1.54, 1.807) is 0 Å². The fourth-order valence-electron chi connectivity index (χ4n) is 3.17. The van der Waals surface area contributed by atoms with Crippen molar-refractivity contribution in [3.63, 3.8) is 0 Å². The second kappa shape index (κ2) is 4.65. The van der Waals surface area contributed by atoms with Gasteiger partial charge in [0.25, 0.3) is 0 Å². The van der Waals surface area contributed by atoms with Crippen LogP contribution in [0.15, 0.2) is 25.0 Å². The van der Waals surface area contributed by atoms with Crippen LogP contribution in [0.25, 0.3) is 0 Å². The molecule has 1 aromatic rings. The highest BCUT2D eigenvalue weighted by atomic mass is 19.1. The van der Waals surface area contributed by atoms with Crippen LogP contribution < -0.4 is 4.90 Å². The Balaban J connectivity index is 1.77. The lowest BCUT2D eigenvalue weighted by Gasteiger charge is -2.24. The van der Waals surface area contributed by atoms with Crippen molar-refractivity contribution in [1.82, 2.24) is 14.9 Å². The Morgan fingerprint density at radius 2 is 2.00 bits per heavy atom. The summed E-state index contributed by atoms with van der Waals surface area (Å²) in [6.45, 7) is 6.80. The molecule has 2 unspecified atom stereocenters. The van der Waals surface area contributed by atoms with Crippen LogP contribution in [0.3, 0.4) is 0 Å². The van der Waals surface area contributed by atoms with Crippen LogP contribution in [0, 0.1) is 5.82 Å². The van der Waals surface area contributed by atoms with E-state index >= 15 is 0 Å². The van der Waals surface area contributed by atoms with Crippen LogP contribution in [-0.4, -0.2) is 46.6 Å². The largest absolute Gasteiger partial charge is 0.336 e. The highest BCUT2D eigenvalue weighted by molar-refractivity contribution is 5.35. The van der Waals surface area contributed by atoms with Gasteiger partial charge < -0.3 is 4.90 Å². The molecular formula is C13H17FN4. The molecule has 1 aromatic heterocycles. The van der Waals surface area contributed by atoms with E-state index in [-0.39, 0.29) is 5.82 Å². The maximum Gasteiger partial charge on any atom is 0.225 e. The van der Waals surface area contributed by atoms with E-state index in [1.165, 1.54) is 12.4 Å². The van der Waals surface area contributed by atoms with E-state index < -0.39 is 0 Å². The second-order valence-corrected chi connectivity index (χ2v) is 4.89. The number of fused-ring (bicyclic) bond motifs is 1. The van der Waals surface area contributed by atoms with Crippen molar-refractivity contribution < 1.29 is 4.39 Å². The highest BCUT2D eigenvalue weighted by Crippen LogP contribution is 2.33. The number of aromatic nitrogens is 2. The van der Waals surface area contributed by atoms with E-state index in [9.17, 15) is 4.39 Å². The average molecular weight is 248 g/mol. The SMILES string of the molecule is C=CCN1CCC2C1CCN2c1ncc(F)cn1. The Hall–Kier alpha value is -1.49. The van der Waals surface area contributed by atoms with Crippen molar-refractivity contribution in [2.24, 2.45) is 0 Å². The smallest absolute Gasteiger partial charge is 0.225 e. The number of hydrogen-bond acceptors (Lipinski definition) is 4. The van der Waals surface area contributed by atoms with E-state index in [1.807, 2.05) is 6.08 Å². The lowest BCUT2D eigenvalue weighted by atomic mass is 10.1. The molecule has 2 atom stereocenters. The van der Waals surface area contributed by atoms with E-state index in [2.05, 4.69) is 26.3 Å². The Morgan fingerprint density at radius 3 is 2.72 bits per heavy atom. The van der Waals surface area contributed by atoms with Crippen molar-refractivity contribution >= 4 is 5.95 Å². The summed E-state index contributed by atoms with van der Waals surface area (Å²) in [6.07, 6.45) is 6.69. The third kappa shape index (κ3) is 1.88. The molecular weight excluding hydrogens is 231 g/mol. The average Bonchev–Trinajstić information content (AvgIpc) is 2.94. The number of halogens is 1. The van der Waals surface area contributed by atoms with Gasteiger partial charge in [0, 0.05) is 31.7 Å². The Labute approximate surface area is 106 Å². The zero-order chi connectivity index (χ0) is 12.5. The fourth-order valence-corrected chi connectivity index (χ4v) is 3.17. The van der Waals surface area contributed by atoms with Gasteiger partial charge in [0.2, 0.25) is 5.95 Å². The number of anilines is 1. The Kier molecular flexibility index (Phi) is 2.99. The van der Waals surface area contributed by atoms with Crippen LogP contribution in [0.4, 0.5) is 10.3 Å². The third-order valence-corrected chi connectivity index (χ3v) is 3.92. The standard InChI is InChI=1S/C13H17FN4/c1-2-5-17-6-3-12-11(17)4-7-18(12)13-15-8-10(14)9-16-13/h2,8-9,11-12H,1,3-7H2. The third-order valence-electron chi connectivity index (χ3n) is 3.92. The fraction of sp³-hybridized carbons (Fsp3) is 0.538. The van der Waals surface area contributed by atoms with Gasteiger partial charge in [-0.2, -0.15) is 0 Å².